The lowest BCUT2D eigenvalue weighted by molar-refractivity contribution is -0.140. The number of carbonyl (C=O) groups is 2. The van der Waals surface area contributed by atoms with E-state index in [1.807, 2.05) is 75.4 Å². The molecule has 4 rings (SSSR count). The highest BCUT2D eigenvalue weighted by molar-refractivity contribution is 7.92. The summed E-state index contributed by atoms with van der Waals surface area (Å²) in [5, 5.41) is 3.19. The van der Waals surface area contributed by atoms with Gasteiger partial charge >= 0.3 is 0 Å². The van der Waals surface area contributed by atoms with E-state index in [1.54, 1.807) is 24.3 Å². The average molecular weight is 676 g/mol. The van der Waals surface area contributed by atoms with Crippen LogP contribution in [-0.2, 0) is 32.6 Å². The monoisotopic (exact) mass is 675 g/mol. The van der Waals surface area contributed by atoms with Gasteiger partial charge in [0.25, 0.3) is 10.0 Å². The molecule has 0 bridgehead atoms. The molecule has 0 radical (unpaired) electrons. The molecule has 0 aliphatic heterocycles. The van der Waals surface area contributed by atoms with E-state index in [9.17, 15) is 18.0 Å². The third-order valence-corrected chi connectivity index (χ3v) is 9.97. The zero-order valence-corrected chi connectivity index (χ0v) is 28.9. The molecule has 8 nitrogen and oxygen atoms in total. The number of hydrogen-bond donors (Lipinski definition) is 1. The smallest absolute Gasteiger partial charge is 0.264 e. The summed E-state index contributed by atoms with van der Waals surface area (Å²) in [6.45, 7) is 5.86. The molecule has 1 atom stereocenters. The van der Waals surface area contributed by atoms with Crippen LogP contribution in [0.3, 0.4) is 0 Å². The quantitative estimate of drug-likeness (QED) is 0.141. The van der Waals surface area contributed by atoms with Gasteiger partial charge in [-0.3, -0.25) is 13.9 Å². The number of sulfonamides is 1. The van der Waals surface area contributed by atoms with E-state index in [4.69, 9.17) is 16.3 Å². The number of benzene rings is 4. The minimum atomic E-state index is -4.25. The number of methoxy groups -OCH3 is 1. The second-order valence-corrected chi connectivity index (χ2v) is 13.8. The van der Waals surface area contributed by atoms with E-state index in [1.165, 1.54) is 30.2 Å². The SMILES string of the molecule is CCCCNC(=O)[C@@H](Cc1ccccc1)N(Cc1ccc(C)cc1)C(=O)CN(c1ccc(OC)c(Cl)c1)S(=O)(=O)c1ccc(C)cc1. The second-order valence-electron chi connectivity index (χ2n) is 11.5. The molecule has 0 heterocycles. The summed E-state index contributed by atoms with van der Waals surface area (Å²) in [6.07, 6.45) is 1.93. The van der Waals surface area contributed by atoms with Crippen LogP contribution >= 0.6 is 11.6 Å². The van der Waals surface area contributed by atoms with Crippen LogP contribution in [0.25, 0.3) is 0 Å². The van der Waals surface area contributed by atoms with Gasteiger partial charge in [0.05, 0.1) is 22.7 Å². The van der Waals surface area contributed by atoms with Crippen LogP contribution in [0.5, 0.6) is 5.75 Å². The zero-order chi connectivity index (χ0) is 34.0. The van der Waals surface area contributed by atoms with Gasteiger partial charge in [-0.15, -0.1) is 0 Å². The highest BCUT2D eigenvalue weighted by atomic mass is 35.5. The minimum Gasteiger partial charge on any atom is -0.495 e. The Balaban J connectivity index is 1.81. The normalized spacial score (nSPS) is 11.9. The molecule has 0 aliphatic carbocycles. The Hall–Kier alpha value is -4.34. The number of unbranched alkanes of at least 4 members (excludes halogenated alkanes) is 1. The summed E-state index contributed by atoms with van der Waals surface area (Å²) in [4.78, 5) is 30.0. The lowest BCUT2D eigenvalue weighted by atomic mass is 10.0. The molecule has 0 fully saturated rings. The largest absolute Gasteiger partial charge is 0.495 e. The molecule has 0 unspecified atom stereocenters. The van der Waals surface area contributed by atoms with Crippen LogP contribution in [-0.4, -0.2) is 51.4 Å². The number of amides is 2. The molecule has 0 spiro atoms. The van der Waals surface area contributed by atoms with Crippen molar-refractivity contribution in [2.24, 2.45) is 0 Å². The van der Waals surface area contributed by atoms with Crippen LogP contribution in [0.1, 0.15) is 42.0 Å². The van der Waals surface area contributed by atoms with E-state index in [2.05, 4.69) is 5.32 Å². The molecular formula is C37H42ClN3O5S. The van der Waals surface area contributed by atoms with Crippen molar-refractivity contribution >= 4 is 39.1 Å². The van der Waals surface area contributed by atoms with Gasteiger partial charge in [-0.2, -0.15) is 0 Å². The lowest BCUT2D eigenvalue weighted by Crippen LogP contribution is -2.53. The summed E-state index contributed by atoms with van der Waals surface area (Å²) < 4.78 is 34.8. The Morgan fingerprint density at radius 1 is 0.872 bits per heavy atom. The Bertz CT molecular complexity index is 1750. The maximum absolute atomic E-state index is 14.6. The number of rotatable bonds is 15. The molecule has 10 heteroatoms. The Morgan fingerprint density at radius 2 is 1.51 bits per heavy atom. The summed E-state index contributed by atoms with van der Waals surface area (Å²) >= 11 is 6.46. The predicted octanol–water partition coefficient (Wildman–Crippen LogP) is 6.72. The topological polar surface area (TPSA) is 96.0 Å². The number of ether oxygens (including phenoxy) is 1. The van der Waals surface area contributed by atoms with E-state index in [-0.39, 0.29) is 34.5 Å². The highest BCUT2D eigenvalue weighted by Crippen LogP contribution is 2.32. The maximum atomic E-state index is 14.6. The third kappa shape index (κ3) is 9.36. The van der Waals surface area contributed by atoms with Crippen molar-refractivity contribution in [2.75, 3.05) is 24.5 Å². The van der Waals surface area contributed by atoms with E-state index in [0.29, 0.717) is 12.3 Å². The van der Waals surface area contributed by atoms with Crippen molar-refractivity contribution in [1.29, 1.82) is 0 Å². The number of anilines is 1. The number of carbonyl (C=O) groups excluding carboxylic acids is 2. The van der Waals surface area contributed by atoms with E-state index >= 15 is 0 Å². The van der Waals surface area contributed by atoms with Gasteiger partial charge in [0.2, 0.25) is 11.8 Å². The number of halogens is 1. The fourth-order valence-corrected chi connectivity index (χ4v) is 6.78. The minimum absolute atomic E-state index is 0.0195. The molecule has 0 saturated carbocycles. The molecule has 1 N–H and O–H groups in total. The van der Waals surface area contributed by atoms with Crippen LogP contribution < -0.4 is 14.4 Å². The van der Waals surface area contributed by atoms with Crippen LogP contribution in [0.2, 0.25) is 5.02 Å². The van der Waals surface area contributed by atoms with Gasteiger partial charge in [-0.25, -0.2) is 8.42 Å². The molecule has 47 heavy (non-hydrogen) atoms. The molecular weight excluding hydrogens is 634 g/mol. The Morgan fingerprint density at radius 3 is 2.11 bits per heavy atom. The van der Waals surface area contributed by atoms with Crippen LogP contribution in [0.4, 0.5) is 5.69 Å². The molecule has 0 saturated heterocycles. The van der Waals surface area contributed by atoms with E-state index in [0.717, 1.165) is 39.4 Å². The Labute approximate surface area is 283 Å². The number of aryl methyl sites for hydroxylation is 2. The molecule has 4 aromatic rings. The van der Waals surface area contributed by atoms with Crippen molar-refractivity contribution in [1.82, 2.24) is 10.2 Å². The first kappa shape index (κ1) is 35.5. The predicted molar refractivity (Wildman–Crippen MR) is 187 cm³/mol. The van der Waals surface area contributed by atoms with Crippen LogP contribution in [0, 0.1) is 13.8 Å². The zero-order valence-electron chi connectivity index (χ0n) is 27.3. The standard InChI is InChI=1S/C37H42ClN3O5S/c1-5-6-22-39-37(43)34(23-29-10-8-7-9-11-29)40(25-30-16-12-27(2)13-17-30)36(42)26-41(31-18-21-35(46-4)33(38)24-31)47(44,45)32-19-14-28(3)15-20-32/h7-21,24,34H,5-6,22-23,25-26H2,1-4H3,(H,39,43)/t34-/m1/s1. The van der Waals surface area contributed by atoms with Gasteiger partial charge in [0, 0.05) is 19.5 Å². The summed E-state index contributed by atoms with van der Waals surface area (Å²) in [5.41, 5.74) is 3.81. The maximum Gasteiger partial charge on any atom is 0.264 e. The van der Waals surface area contributed by atoms with Gasteiger partial charge in [-0.1, -0.05) is 103 Å². The molecule has 0 aliphatic rings. The van der Waals surface area contributed by atoms with Crippen molar-refractivity contribution in [2.45, 2.75) is 57.5 Å². The third-order valence-electron chi connectivity index (χ3n) is 7.89. The van der Waals surface area contributed by atoms with Gasteiger partial charge in [0.15, 0.2) is 0 Å². The van der Waals surface area contributed by atoms with Crippen molar-refractivity contribution in [3.8, 4) is 5.75 Å². The second kappa shape index (κ2) is 16.5. The lowest BCUT2D eigenvalue weighted by Gasteiger charge is -2.34. The number of nitrogens with one attached hydrogen (secondary N) is 1. The van der Waals surface area contributed by atoms with Gasteiger partial charge in [-0.05, 0) is 61.7 Å². The van der Waals surface area contributed by atoms with Gasteiger partial charge < -0.3 is 15.0 Å². The van der Waals surface area contributed by atoms with Crippen molar-refractivity contribution in [3.05, 3.63) is 124 Å². The summed E-state index contributed by atoms with van der Waals surface area (Å²) in [5.74, 6) is -0.481. The van der Waals surface area contributed by atoms with E-state index < -0.39 is 28.5 Å². The molecule has 2 amide bonds. The molecule has 4 aromatic carbocycles. The van der Waals surface area contributed by atoms with Crippen molar-refractivity contribution < 1.29 is 22.7 Å². The first-order valence-corrected chi connectivity index (χ1v) is 17.4. The van der Waals surface area contributed by atoms with Crippen LogP contribution in [0.15, 0.2) is 102 Å². The summed E-state index contributed by atoms with van der Waals surface area (Å²) in [6, 6.07) is 27.3. The first-order valence-electron chi connectivity index (χ1n) is 15.6. The first-order chi connectivity index (χ1) is 22.5. The average Bonchev–Trinajstić information content (AvgIpc) is 3.06. The molecule has 0 aromatic heterocycles. The number of nitrogens with zero attached hydrogens (tertiary/aromatic N) is 2. The molecule has 248 valence electrons. The fourth-order valence-electron chi connectivity index (χ4n) is 5.13. The summed E-state index contributed by atoms with van der Waals surface area (Å²) in [7, 11) is -2.79. The fraction of sp³-hybridized carbons (Fsp3) is 0.297. The number of hydrogen-bond acceptors (Lipinski definition) is 5. The highest BCUT2D eigenvalue weighted by Gasteiger charge is 2.34. The van der Waals surface area contributed by atoms with Gasteiger partial charge in [0.1, 0.15) is 18.3 Å². The van der Waals surface area contributed by atoms with Crippen molar-refractivity contribution in [3.63, 3.8) is 0 Å². The Kier molecular flexibility index (Phi) is 12.4.